The quantitative estimate of drug-likeness (QED) is 0.612. The molecule has 98 valence electrons. The second kappa shape index (κ2) is 5.50. The lowest BCUT2D eigenvalue weighted by atomic mass is 10.3. The molecule has 0 saturated heterocycles. The minimum absolute atomic E-state index is 0.175. The van der Waals surface area contributed by atoms with Gasteiger partial charge in [-0.05, 0) is 28.1 Å². The Labute approximate surface area is 120 Å². The lowest BCUT2D eigenvalue weighted by Crippen LogP contribution is -1.96. The number of hydrogen-bond donors (Lipinski definition) is 0. The van der Waals surface area contributed by atoms with Crippen molar-refractivity contribution in [2.24, 2.45) is 0 Å². The summed E-state index contributed by atoms with van der Waals surface area (Å²) in [6, 6.07) is 4.88. The summed E-state index contributed by atoms with van der Waals surface area (Å²) < 4.78 is 19.1. The van der Waals surface area contributed by atoms with E-state index < -0.39 is 10.7 Å². The summed E-state index contributed by atoms with van der Waals surface area (Å²) in [5, 5.41) is 11.1. The van der Waals surface area contributed by atoms with Gasteiger partial charge >= 0.3 is 5.69 Å². The first-order valence-electron chi connectivity index (χ1n) is 4.90. The van der Waals surface area contributed by atoms with Crippen molar-refractivity contribution in [3.8, 4) is 11.6 Å². The SMILES string of the molecule is O=[N+]([O-])c1ccc(Cl)cc1Oc1ncc(Br)cc1F. The van der Waals surface area contributed by atoms with Crippen molar-refractivity contribution < 1.29 is 14.1 Å². The van der Waals surface area contributed by atoms with Gasteiger partial charge in [0.1, 0.15) is 0 Å². The molecule has 2 rings (SSSR count). The number of halogens is 3. The minimum atomic E-state index is -0.747. The molecule has 0 aliphatic rings. The molecule has 1 aromatic heterocycles. The lowest BCUT2D eigenvalue weighted by molar-refractivity contribution is -0.385. The molecular formula is C11H5BrClFN2O3. The molecule has 0 aliphatic carbocycles. The van der Waals surface area contributed by atoms with Gasteiger partial charge in [0.2, 0.25) is 5.75 Å². The van der Waals surface area contributed by atoms with Crippen LogP contribution < -0.4 is 4.74 Å². The molecule has 0 radical (unpaired) electrons. The zero-order valence-corrected chi connectivity index (χ0v) is 11.5. The van der Waals surface area contributed by atoms with Gasteiger partial charge in [0.15, 0.2) is 5.82 Å². The smallest absolute Gasteiger partial charge is 0.311 e. The third kappa shape index (κ3) is 3.18. The summed E-state index contributed by atoms with van der Waals surface area (Å²) in [7, 11) is 0. The number of hydrogen-bond acceptors (Lipinski definition) is 4. The number of rotatable bonds is 3. The second-order valence-electron chi connectivity index (χ2n) is 3.41. The van der Waals surface area contributed by atoms with E-state index in [2.05, 4.69) is 20.9 Å². The fourth-order valence-corrected chi connectivity index (χ4v) is 1.77. The van der Waals surface area contributed by atoms with Gasteiger partial charge in [-0.3, -0.25) is 10.1 Å². The van der Waals surface area contributed by atoms with Gasteiger partial charge in [0.25, 0.3) is 5.88 Å². The van der Waals surface area contributed by atoms with Crippen molar-refractivity contribution in [1.82, 2.24) is 4.98 Å². The van der Waals surface area contributed by atoms with E-state index in [0.29, 0.717) is 4.47 Å². The summed E-state index contributed by atoms with van der Waals surface area (Å²) >= 11 is 8.77. The number of benzene rings is 1. The molecule has 0 atom stereocenters. The van der Waals surface area contributed by atoms with Crippen LogP contribution in [0.25, 0.3) is 0 Å². The summed E-state index contributed by atoms with van der Waals surface area (Å²) in [5.41, 5.74) is -0.325. The Kier molecular flexibility index (Phi) is 3.96. The fraction of sp³-hybridized carbons (Fsp3) is 0. The highest BCUT2D eigenvalue weighted by molar-refractivity contribution is 9.10. The molecule has 2 aromatic rings. The van der Waals surface area contributed by atoms with Crippen molar-refractivity contribution in [1.29, 1.82) is 0 Å². The first-order chi connectivity index (χ1) is 8.97. The topological polar surface area (TPSA) is 65.3 Å². The highest BCUT2D eigenvalue weighted by Crippen LogP contribution is 2.34. The zero-order chi connectivity index (χ0) is 14.0. The predicted molar refractivity (Wildman–Crippen MR) is 70.1 cm³/mol. The monoisotopic (exact) mass is 346 g/mol. The molecule has 0 amide bonds. The van der Waals surface area contributed by atoms with E-state index in [1.54, 1.807) is 0 Å². The molecule has 0 fully saturated rings. The summed E-state index contributed by atoms with van der Waals surface area (Å²) in [5.74, 6) is -1.29. The van der Waals surface area contributed by atoms with Crippen molar-refractivity contribution in [2.75, 3.05) is 0 Å². The first-order valence-corrected chi connectivity index (χ1v) is 6.07. The maximum absolute atomic E-state index is 13.5. The van der Waals surface area contributed by atoms with Gasteiger partial charge in [-0.1, -0.05) is 11.6 Å². The fourth-order valence-electron chi connectivity index (χ4n) is 1.30. The Bertz CT molecular complexity index is 654. The molecular weight excluding hydrogens is 342 g/mol. The highest BCUT2D eigenvalue weighted by atomic mass is 79.9. The number of aromatic nitrogens is 1. The van der Waals surface area contributed by atoms with Crippen LogP contribution in [0.3, 0.4) is 0 Å². The number of nitrogens with zero attached hydrogens (tertiary/aromatic N) is 2. The Morgan fingerprint density at radius 3 is 2.79 bits per heavy atom. The van der Waals surface area contributed by atoms with Crippen LogP contribution in [-0.4, -0.2) is 9.91 Å². The minimum Gasteiger partial charge on any atom is -0.429 e. The lowest BCUT2D eigenvalue weighted by Gasteiger charge is -2.06. The van der Waals surface area contributed by atoms with Gasteiger partial charge < -0.3 is 4.74 Å². The summed E-state index contributed by atoms with van der Waals surface area (Å²) in [6.45, 7) is 0. The molecule has 0 N–H and O–H groups in total. The van der Waals surface area contributed by atoms with Crippen molar-refractivity contribution in [3.05, 3.63) is 55.9 Å². The van der Waals surface area contributed by atoms with Gasteiger partial charge in [-0.15, -0.1) is 0 Å². The third-order valence-electron chi connectivity index (χ3n) is 2.10. The van der Waals surface area contributed by atoms with Crippen molar-refractivity contribution >= 4 is 33.2 Å². The van der Waals surface area contributed by atoms with E-state index in [1.165, 1.54) is 24.4 Å². The van der Waals surface area contributed by atoms with Crippen molar-refractivity contribution in [3.63, 3.8) is 0 Å². The molecule has 0 aliphatic heterocycles. The molecule has 8 heteroatoms. The van der Waals surface area contributed by atoms with E-state index in [1.807, 2.05) is 0 Å². The van der Waals surface area contributed by atoms with Crippen LogP contribution in [-0.2, 0) is 0 Å². The molecule has 1 heterocycles. The largest absolute Gasteiger partial charge is 0.429 e. The third-order valence-corrected chi connectivity index (χ3v) is 2.77. The van der Waals surface area contributed by atoms with Crippen LogP contribution >= 0.6 is 27.5 Å². The zero-order valence-electron chi connectivity index (χ0n) is 9.14. The average molecular weight is 348 g/mol. The summed E-state index contributed by atoms with van der Waals surface area (Å²) in [6.07, 6.45) is 1.31. The Balaban J connectivity index is 2.42. The van der Waals surface area contributed by atoms with Crippen LogP contribution in [0.2, 0.25) is 5.02 Å². The Morgan fingerprint density at radius 2 is 2.16 bits per heavy atom. The van der Waals surface area contributed by atoms with Gasteiger partial charge in [-0.2, -0.15) is 0 Å². The standard InChI is InChI=1S/C11H5BrClFN2O3/c12-6-3-8(14)11(15-5-6)19-10-4-7(13)1-2-9(10)16(17)18/h1-5H. The van der Waals surface area contributed by atoms with E-state index in [0.717, 1.165) is 6.07 Å². The van der Waals surface area contributed by atoms with Gasteiger partial charge in [-0.25, -0.2) is 9.37 Å². The van der Waals surface area contributed by atoms with Gasteiger partial charge in [0.05, 0.1) is 4.92 Å². The average Bonchev–Trinajstić information content (AvgIpc) is 2.32. The Morgan fingerprint density at radius 1 is 1.42 bits per heavy atom. The van der Waals surface area contributed by atoms with Crippen LogP contribution in [0.15, 0.2) is 34.9 Å². The molecule has 0 spiro atoms. The van der Waals surface area contributed by atoms with Crippen LogP contribution in [0.4, 0.5) is 10.1 Å². The number of ether oxygens (including phenoxy) is 1. The summed E-state index contributed by atoms with van der Waals surface area (Å²) in [4.78, 5) is 13.9. The molecule has 0 unspecified atom stereocenters. The van der Waals surface area contributed by atoms with Crippen LogP contribution in [0.5, 0.6) is 11.6 Å². The van der Waals surface area contributed by atoms with E-state index in [-0.39, 0.29) is 22.3 Å². The van der Waals surface area contributed by atoms with Crippen LogP contribution in [0, 0.1) is 15.9 Å². The number of nitro benzene ring substituents is 1. The molecule has 0 bridgehead atoms. The maximum atomic E-state index is 13.5. The van der Waals surface area contributed by atoms with E-state index in [9.17, 15) is 14.5 Å². The normalized spacial score (nSPS) is 10.3. The molecule has 19 heavy (non-hydrogen) atoms. The second-order valence-corrected chi connectivity index (χ2v) is 4.76. The predicted octanol–water partition coefficient (Wildman–Crippen LogP) is 4.34. The van der Waals surface area contributed by atoms with Crippen LogP contribution in [0.1, 0.15) is 0 Å². The molecule has 0 saturated carbocycles. The molecule has 1 aromatic carbocycles. The first kappa shape index (κ1) is 13.7. The Hall–Kier alpha value is -1.73. The molecule has 5 nitrogen and oxygen atoms in total. The number of pyridine rings is 1. The van der Waals surface area contributed by atoms with Gasteiger partial charge in [0, 0.05) is 27.8 Å². The number of nitro groups is 1. The van der Waals surface area contributed by atoms with Crippen molar-refractivity contribution in [2.45, 2.75) is 0 Å². The maximum Gasteiger partial charge on any atom is 0.311 e. The van der Waals surface area contributed by atoms with E-state index >= 15 is 0 Å². The highest BCUT2D eigenvalue weighted by Gasteiger charge is 2.18. The van der Waals surface area contributed by atoms with E-state index in [4.69, 9.17) is 16.3 Å².